The first-order valence-electron chi connectivity index (χ1n) is 7.23. The minimum atomic E-state index is -0.457. The number of nitrogens with one attached hydrogen (secondary N) is 1. The number of amides is 1. The van der Waals surface area contributed by atoms with Gasteiger partial charge in [-0.1, -0.05) is 13.3 Å². The lowest BCUT2D eigenvalue weighted by Crippen LogP contribution is -2.37. The number of nitrogens with zero attached hydrogens (tertiary/aromatic N) is 3. The van der Waals surface area contributed by atoms with E-state index in [0.717, 1.165) is 17.4 Å². The molecule has 0 saturated carbocycles. The Balaban J connectivity index is 2.49. The molecule has 0 bridgehead atoms. The molecule has 22 heavy (non-hydrogen) atoms. The summed E-state index contributed by atoms with van der Waals surface area (Å²) >= 11 is 0. The lowest BCUT2D eigenvalue weighted by molar-refractivity contribution is 0.0938. The van der Waals surface area contributed by atoms with E-state index in [1.807, 2.05) is 13.8 Å². The highest BCUT2D eigenvalue weighted by Gasteiger charge is 2.14. The maximum Gasteiger partial charge on any atom is 0.332 e. The van der Waals surface area contributed by atoms with Crippen molar-refractivity contribution < 1.29 is 4.79 Å². The smallest absolute Gasteiger partial charge is 0.332 e. The van der Waals surface area contributed by atoms with Gasteiger partial charge in [0.1, 0.15) is 5.65 Å². The zero-order chi connectivity index (χ0) is 16.4. The third-order valence-electron chi connectivity index (χ3n) is 3.65. The second-order valence-corrected chi connectivity index (χ2v) is 5.46. The first-order valence-corrected chi connectivity index (χ1v) is 7.23. The standard InChI is InChI=1S/C15H20N4O3/c1-5-6-9(2)17-13(20)10-7-11-12(16-8-10)18(3)15(22)19(4)14(11)21/h7-9H,5-6H2,1-4H3,(H,17,20). The van der Waals surface area contributed by atoms with Gasteiger partial charge in [0.2, 0.25) is 0 Å². The van der Waals surface area contributed by atoms with Crippen LogP contribution in [0.1, 0.15) is 37.0 Å². The molecular weight excluding hydrogens is 284 g/mol. The van der Waals surface area contributed by atoms with Gasteiger partial charge in [0.15, 0.2) is 0 Å². The Morgan fingerprint density at radius 1 is 1.32 bits per heavy atom. The van der Waals surface area contributed by atoms with Crippen molar-refractivity contribution in [2.75, 3.05) is 0 Å². The molecule has 1 atom stereocenters. The minimum absolute atomic E-state index is 0.0520. The first-order chi connectivity index (χ1) is 10.4. The maximum atomic E-state index is 12.2. The molecule has 7 heteroatoms. The summed E-state index contributed by atoms with van der Waals surface area (Å²) in [5.74, 6) is -0.272. The lowest BCUT2D eigenvalue weighted by Gasteiger charge is -2.13. The molecule has 0 aromatic carbocycles. The monoisotopic (exact) mass is 304 g/mol. The van der Waals surface area contributed by atoms with Gasteiger partial charge < -0.3 is 5.32 Å². The molecule has 2 rings (SSSR count). The van der Waals surface area contributed by atoms with Crippen LogP contribution < -0.4 is 16.6 Å². The van der Waals surface area contributed by atoms with Gasteiger partial charge >= 0.3 is 5.69 Å². The lowest BCUT2D eigenvalue weighted by atomic mass is 10.1. The molecule has 0 radical (unpaired) electrons. The highest BCUT2D eigenvalue weighted by Crippen LogP contribution is 2.08. The third kappa shape index (κ3) is 2.79. The number of fused-ring (bicyclic) bond motifs is 1. The Hall–Kier alpha value is -2.44. The van der Waals surface area contributed by atoms with Gasteiger partial charge in [-0.3, -0.25) is 18.7 Å². The van der Waals surface area contributed by atoms with Crippen molar-refractivity contribution >= 4 is 16.9 Å². The van der Waals surface area contributed by atoms with E-state index in [9.17, 15) is 14.4 Å². The topological polar surface area (TPSA) is 86.0 Å². The molecule has 1 N–H and O–H groups in total. The molecule has 1 amide bonds. The van der Waals surface area contributed by atoms with Crippen molar-refractivity contribution in [1.82, 2.24) is 19.4 Å². The van der Waals surface area contributed by atoms with E-state index in [-0.39, 0.29) is 23.0 Å². The van der Waals surface area contributed by atoms with Gasteiger partial charge in [-0.2, -0.15) is 0 Å². The normalized spacial score (nSPS) is 12.4. The predicted molar refractivity (Wildman–Crippen MR) is 84.1 cm³/mol. The van der Waals surface area contributed by atoms with Crippen molar-refractivity contribution in [3.63, 3.8) is 0 Å². The summed E-state index contributed by atoms with van der Waals surface area (Å²) in [6.45, 7) is 3.98. The molecule has 2 aromatic heterocycles. The Kier molecular flexibility index (Phi) is 4.44. The molecule has 0 aliphatic carbocycles. The fourth-order valence-corrected chi connectivity index (χ4v) is 2.40. The number of pyridine rings is 1. The summed E-state index contributed by atoms with van der Waals surface area (Å²) in [6.07, 6.45) is 3.23. The van der Waals surface area contributed by atoms with E-state index in [1.54, 1.807) is 7.05 Å². The zero-order valence-electron chi connectivity index (χ0n) is 13.2. The van der Waals surface area contributed by atoms with Gasteiger partial charge in [0, 0.05) is 26.3 Å². The van der Waals surface area contributed by atoms with Crippen molar-refractivity contribution in [2.45, 2.75) is 32.7 Å². The SMILES string of the molecule is CCCC(C)NC(=O)c1cnc2c(c1)c(=O)n(C)c(=O)n2C. The molecule has 2 aromatic rings. The zero-order valence-corrected chi connectivity index (χ0v) is 13.2. The number of rotatable bonds is 4. The van der Waals surface area contributed by atoms with E-state index in [1.165, 1.54) is 23.9 Å². The van der Waals surface area contributed by atoms with Crippen molar-refractivity contribution in [2.24, 2.45) is 14.1 Å². The minimum Gasteiger partial charge on any atom is -0.350 e. The third-order valence-corrected chi connectivity index (χ3v) is 3.65. The Morgan fingerprint density at radius 2 is 2.00 bits per heavy atom. The van der Waals surface area contributed by atoms with Gasteiger partial charge in [0.05, 0.1) is 10.9 Å². The quantitative estimate of drug-likeness (QED) is 0.894. The van der Waals surface area contributed by atoms with Crippen LogP contribution in [0.5, 0.6) is 0 Å². The van der Waals surface area contributed by atoms with Crippen molar-refractivity contribution in [3.05, 3.63) is 38.7 Å². The second kappa shape index (κ2) is 6.13. The van der Waals surface area contributed by atoms with E-state index >= 15 is 0 Å². The van der Waals surface area contributed by atoms with Crippen LogP contribution in [-0.2, 0) is 14.1 Å². The molecule has 2 heterocycles. The summed E-state index contributed by atoms with van der Waals surface area (Å²) in [7, 11) is 2.94. The summed E-state index contributed by atoms with van der Waals surface area (Å²) < 4.78 is 2.30. The number of hydrogen-bond acceptors (Lipinski definition) is 4. The first kappa shape index (κ1) is 15.9. The van der Waals surface area contributed by atoms with E-state index in [2.05, 4.69) is 10.3 Å². The summed E-state index contributed by atoms with van der Waals surface area (Å²) in [6, 6.07) is 1.54. The molecule has 1 unspecified atom stereocenters. The molecule has 0 fully saturated rings. The van der Waals surface area contributed by atoms with Crippen LogP contribution in [0.15, 0.2) is 21.9 Å². The van der Waals surface area contributed by atoms with Crippen molar-refractivity contribution in [1.29, 1.82) is 0 Å². The van der Waals surface area contributed by atoms with E-state index in [4.69, 9.17) is 0 Å². The van der Waals surface area contributed by atoms with Gasteiger partial charge in [-0.15, -0.1) is 0 Å². The molecule has 0 spiro atoms. The number of carbonyl (C=O) groups excluding carboxylic acids is 1. The molecule has 0 saturated heterocycles. The summed E-state index contributed by atoms with van der Waals surface area (Å²) in [5.41, 5.74) is -0.321. The highest BCUT2D eigenvalue weighted by atomic mass is 16.2. The van der Waals surface area contributed by atoms with Crippen LogP contribution in [0.4, 0.5) is 0 Å². The molecule has 118 valence electrons. The fourth-order valence-electron chi connectivity index (χ4n) is 2.40. The van der Waals surface area contributed by atoms with Gasteiger partial charge in [0.25, 0.3) is 11.5 Å². The largest absolute Gasteiger partial charge is 0.350 e. The molecule has 0 aliphatic rings. The highest BCUT2D eigenvalue weighted by molar-refractivity contribution is 5.96. The number of aromatic nitrogens is 3. The average molecular weight is 304 g/mol. The predicted octanol–water partition coefficient (Wildman–Crippen LogP) is 0.551. The van der Waals surface area contributed by atoms with Crippen molar-refractivity contribution in [3.8, 4) is 0 Å². The van der Waals surface area contributed by atoms with Crippen LogP contribution in [0.2, 0.25) is 0 Å². The Bertz CT molecular complexity index is 835. The Morgan fingerprint density at radius 3 is 2.64 bits per heavy atom. The Labute approximate surface area is 127 Å². The molecule has 0 aliphatic heterocycles. The van der Waals surface area contributed by atoms with Gasteiger partial charge in [-0.05, 0) is 19.4 Å². The second-order valence-electron chi connectivity index (χ2n) is 5.46. The van der Waals surface area contributed by atoms with Crippen LogP contribution in [0.25, 0.3) is 11.0 Å². The average Bonchev–Trinajstić information content (AvgIpc) is 2.50. The van der Waals surface area contributed by atoms with E-state index < -0.39 is 11.2 Å². The number of carbonyl (C=O) groups is 1. The van der Waals surface area contributed by atoms with Crippen LogP contribution in [0, 0.1) is 0 Å². The van der Waals surface area contributed by atoms with Crippen LogP contribution >= 0.6 is 0 Å². The van der Waals surface area contributed by atoms with Gasteiger partial charge in [-0.25, -0.2) is 9.78 Å². The van der Waals surface area contributed by atoms with Crippen LogP contribution in [-0.4, -0.2) is 26.1 Å². The molecule has 7 nitrogen and oxygen atoms in total. The van der Waals surface area contributed by atoms with Crippen LogP contribution in [0.3, 0.4) is 0 Å². The summed E-state index contributed by atoms with van der Waals surface area (Å²) in [4.78, 5) is 40.3. The number of aryl methyl sites for hydroxylation is 1. The summed E-state index contributed by atoms with van der Waals surface area (Å²) in [5, 5.41) is 3.12. The van der Waals surface area contributed by atoms with E-state index in [0.29, 0.717) is 5.56 Å². The number of hydrogen-bond donors (Lipinski definition) is 1. The maximum absolute atomic E-state index is 12.2. The molecular formula is C15H20N4O3. The fraction of sp³-hybridized carbons (Fsp3) is 0.467.